The molecule has 18 heavy (non-hydrogen) atoms. The number of nitrogens with zero attached hydrogens (tertiary/aromatic N) is 4. The second-order valence-corrected chi connectivity index (χ2v) is 4.61. The molecule has 2 rings (SSSR count). The highest BCUT2D eigenvalue weighted by Gasteiger charge is 2.07. The van der Waals surface area contributed by atoms with E-state index in [2.05, 4.69) is 35.6 Å². The highest BCUT2D eigenvalue weighted by Crippen LogP contribution is 2.08. The smallest absolute Gasteiger partial charge is 0.0638 e. The van der Waals surface area contributed by atoms with E-state index in [1.807, 2.05) is 29.5 Å². The molecule has 0 saturated carbocycles. The quantitative estimate of drug-likeness (QED) is 0.872. The number of hydrogen-bond donors (Lipinski definition) is 1. The summed E-state index contributed by atoms with van der Waals surface area (Å²) in [6, 6.07) is 0. The van der Waals surface area contributed by atoms with Gasteiger partial charge in [0.2, 0.25) is 0 Å². The van der Waals surface area contributed by atoms with Crippen LogP contribution in [0.4, 0.5) is 0 Å². The summed E-state index contributed by atoms with van der Waals surface area (Å²) in [4.78, 5) is 0. The van der Waals surface area contributed by atoms with Crippen molar-refractivity contribution in [1.82, 2.24) is 24.9 Å². The Morgan fingerprint density at radius 3 is 2.67 bits per heavy atom. The number of rotatable bonds is 5. The Kier molecular flexibility index (Phi) is 3.81. The second-order valence-electron chi connectivity index (χ2n) is 4.61. The van der Waals surface area contributed by atoms with Crippen LogP contribution in [0.5, 0.6) is 0 Å². The fraction of sp³-hybridized carbons (Fsp3) is 0.538. The van der Waals surface area contributed by atoms with E-state index in [1.165, 1.54) is 16.8 Å². The lowest BCUT2D eigenvalue weighted by atomic mass is 10.2. The third-order valence-corrected chi connectivity index (χ3v) is 3.18. The molecule has 0 aliphatic heterocycles. The van der Waals surface area contributed by atoms with E-state index in [0.717, 1.165) is 25.3 Å². The lowest BCUT2D eigenvalue weighted by Gasteiger charge is -2.07. The Morgan fingerprint density at radius 1 is 1.28 bits per heavy atom. The SMILES string of the molecule is CCn1ncc(C)c1CNCc1cn(C)nc1C. The molecule has 0 fully saturated rings. The first-order chi connectivity index (χ1) is 8.61. The number of aromatic nitrogens is 4. The van der Waals surface area contributed by atoms with E-state index in [4.69, 9.17) is 0 Å². The molecule has 2 aromatic rings. The van der Waals surface area contributed by atoms with Gasteiger partial charge in [-0.1, -0.05) is 0 Å². The Bertz CT molecular complexity index is 523. The standard InChI is InChI=1S/C13H21N5/c1-5-18-13(10(2)6-15-18)8-14-7-12-9-17(4)16-11(12)3/h6,9,14H,5,7-8H2,1-4H3. The summed E-state index contributed by atoms with van der Waals surface area (Å²) in [7, 11) is 1.95. The van der Waals surface area contributed by atoms with Crippen LogP contribution in [-0.4, -0.2) is 19.6 Å². The summed E-state index contributed by atoms with van der Waals surface area (Å²) in [5.74, 6) is 0. The maximum Gasteiger partial charge on any atom is 0.0638 e. The number of aryl methyl sites for hydroxylation is 4. The van der Waals surface area contributed by atoms with E-state index in [-0.39, 0.29) is 0 Å². The molecule has 5 heteroatoms. The van der Waals surface area contributed by atoms with Crippen LogP contribution >= 0.6 is 0 Å². The normalized spacial score (nSPS) is 11.1. The van der Waals surface area contributed by atoms with Gasteiger partial charge in [0.15, 0.2) is 0 Å². The van der Waals surface area contributed by atoms with Gasteiger partial charge in [-0.15, -0.1) is 0 Å². The predicted octanol–water partition coefficient (Wildman–Crippen LogP) is 1.54. The van der Waals surface area contributed by atoms with Crippen LogP contribution in [-0.2, 0) is 26.7 Å². The van der Waals surface area contributed by atoms with Crippen LogP contribution in [0, 0.1) is 13.8 Å². The van der Waals surface area contributed by atoms with E-state index >= 15 is 0 Å². The summed E-state index contributed by atoms with van der Waals surface area (Å²) < 4.78 is 3.90. The van der Waals surface area contributed by atoms with Crippen LogP contribution in [0.2, 0.25) is 0 Å². The lowest BCUT2D eigenvalue weighted by molar-refractivity contribution is 0.579. The zero-order valence-electron chi connectivity index (χ0n) is 11.6. The summed E-state index contributed by atoms with van der Waals surface area (Å²) in [6.07, 6.45) is 3.99. The van der Waals surface area contributed by atoms with Gasteiger partial charge in [-0.05, 0) is 26.3 Å². The Labute approximate surface area is 108 Å². The van der Waals surface area contributed by atoms with Crippen molar-refractivity contribution in [2.75, 3.05) is 0 Å². The molecular weight excluding hydrogens is 226 g/mol. The molecule has 5 nitrogen and oxygen atoms in total. The molecule has 2 aromatic heterocycles. The van der Waals surface area contributed by atoms with E-state index in [1.54, 1.807) is 0 Å². The maximum absolute atomic E-state index is 4.34. The summed E-state index contributed by atoms with van der Waals surface area (Å²) in [5, 5.41) is 12.1. The van der Waals surface area contributed by atoms with Gasteiger partial charge in [-0.2, -0.15) is 10.2 Å². The molecule has 0 bridgehead atoms. The summed E-state index contributed by atoms with van der Waals surface area (Å²) in [5.41, 5.74) is 4.84. The predicted molar refractivity (Wildman–Crippen MR) is 71.1 cm³/mol. The first kappa shape index (κ1) is 12.8. The lowest BCUT2D eigenvalue weighted by Crippen LogP contribution is -2.17. The average Bonchev–Trinajstić information content (AvgIpc) is 2.83. The van der Waals surface area contributed by atoms with Crippen LogP contribution in [0.25, 0.3) is 0 Å². The van der Waals surface area contributed by atoms with Gasteiger partial charge in [-0.3, -0.25) is 9.36 Å². The molecule has 0 radical (unpaired) electrons. The van der Waals surface area contributed by atoms with Crippen molar-refractivity contribution in [1.29, 1.82) is 0 Å². The van der Waals surface area contributed by atoms with E-state index in [0.29, 0.717) is 0 Å². The first-order valence-electron chi connectivity index (χ1n) is 6.33. The van der Waals surface area contributed by atoms with Gasteiger partial charge in [0.25, 0.3) is 0 Å². The molecule has 0 saturated heterocycles. The van der Waals surface area contributed by atoms with Crippen molar-refractivity contribution >= 4 is 0 Å². The van der Waals surface area contributed by atoms with Gasteiger partial charge in [0, 0.05) is 38.4 Å². The fourth-order valence-electron chi connectivity index (χ4n) is 2.15. The molecule has 98 valence electrons. The number of nitrogens with one attached hydrogen (secondary N) is 1. The molecule has 0 spiro atoms. The van der Waals surface area contributed by atoms with Gasteiger partial charge in [0.05, 0.1) is 17.6 Å². The van der Waals surface area contributed by atoms with Gasteiger partial charge in [-0.25, -0.2) is 0 Å². The van der Waals surface area contributed by atoms with Crippen molar-refractivity contribution in [2.45, 2.75) is 40.4 Å². The van der Waals surface area contributed by atoms with Crippen molar-refractivity contribution in [2.24, 2.45) is 7.05 Å². The Hall–Kier alpha value is -1.62. The first-order valence-corrected chi connectivity index (χ1v) is 6.33. The monoisotopic (exact) mass is 247 g/mol. The minimum Gasteiger partial charge on any atom is -0.307 e. The van der Waals surface area contributed by atoms with Gasteiger partial charge in [0.1, 0.15) is 0 Å². The van der Waals surface area contributed by atoms with Crippen molar-refractivity contribution < 1.29 is 0 Å². The topological polar surface area (TPSA) is 47.7 Å². The van der Waals surface area contributed by atoms with Crippen molar-refractivity contribution in [3.8, 4) is 0 Å². The number of hydrogen-bond acceptors (Lipinski definition) is 3. The molecule has 0 atom stereocenters. The highest BCUT2D eigenvalue weighted by atomic mass is 15.3. The summed E-state index contributed by atoms with van der Waals surface area (Å²) >= 11 is 0. The molecule has 0 unspecified atom stereocenters. The average molecular weight is 247 g/mol. The Balaban J connectivity index is 1.96. The molecule has 0 amide bonds. The molecular formula is C13H21N5. The highest BCUT2D eigenvalue weighted by molar-refractivity contribution is 5.17. The van der Waals surface area contributed by atoms with E-state index in [9.17, 15) is 0 Å². The molecule has 2 heterocycles. The van der Waals surface area contributed by atoms with Crippen LogP contribution < -0.4 is 5.32 Å². The minimum absolute atomic E-state index is 0.841. The third kappa shape index (κ3) is 2.61. The molecule has 0 aromatic carbocycles. The van der Waals surface area contributed by atoms with Crippen LogP contribution in [0.3, 0.4) is 0 Å². The molecule has 0 aliphatic carbocycles. The second kappa shape index (κ2) is 5.35. The fourth-order valence-corrected chi connectivity index (χ4v) is 2.15. The maximum atomic E-state index is 4.34. The largest absolute Gasteiger partial charge is 0.307 e. The Morgan fingerprint density at radius 2 is 2.06 bits per heavy atom. The van der Waals surface area contributed by atoms with Gasteiger partial charge >= 0.3 is 0 Å². The zero-order valence-corrected chi connectivity index (χ0v) is 11.6. The minimum atomic E-state index is 0.841. The zero-order chi connectivity index (χ0) is 13.1. The van der Waals surface area contributed by atoms with Crippen LogP contribution in [0.1, 0.15) is 29.4 Å². The van der Waals surface area contributed by atoms with E-state index < -0.39 is 0 Å². The van der Waals surface area contributed by atoms with Crippen molar-refractivity contribution in [3.05, 3.63) is 34.9 Å². The molecule has 0 aliphatic rings. The molecule has 1 N–H and O–H groups in total. The summed E-state index contributed by atoms with van der Waals surface area (Å²) in [6.45, 7) is 8.85. The van der Waals surface area contributed by atoms with Crippen LogP contribution in [0.15, 0.2) is 12.4 Å². The third-order valence-electron chi connectivity index (χ3n) is 3.18. The van der Waals surface area contributed by atoms with Crippen molar-refractivity contribution in [3.63, 3.8) is 0 Å². The van der Waals surface area contributed by atoms with Gasteiger partial charge < -0.3 is 5.32 Å².